The minimum Gasteiger partial charge on any atom is -0.481 e. The molecule has 0 spiro atoms. The summed E-state index contributed by atoms with van der Waals surface area (Å²) in [6.07, 6.45) is 3.05. The Labute approximate surface area is 105 Å². The van der Waals surface area contributed by atoms with Crippen molar-refractivity contribution in [2.45, 2.75) is 11.7 Å². The van der Waals surface area contributed by atoms with Gasteiger partial charge in [-0.2, -0.15) is 4.98 Å². The van der Waals surface area contributed by atoms with E-state index in [9.17, 15) is 9.59 Å². The third-order valence-electron chi connectivity index (χ3n) is 1.99. The lowest BCUT2D eigenvalue weighted by molar-refractivity contribution is -0.133. The molecule has 94 valence electrons. The van der Waals surface area contributed by atoms with E-state index >= 15 is 0 Å². The first kappa shape index (κ1) is 12.4. The average Bonchev–Trinajstić information content (AvgIpc) is 2.82. The lowest BCUT2D eigenvalue weighted by Crippen LogP contribution is -2.14. The molecule has 0 radical (unpaired) electrons. The van der Waals surface area contributed by atoms with Gasteiger partial charge in [0.05, 0.1) is 18.5 Å². The van der Waals surface area contributed by atoms with Gasteiger partial charge in [0.15, 0.2) is 10.9 Å². The Morgan fingerprint density at radius 3 is 3.00 bits per heavy atom. The number of carbonyl (C=O) groups is 1. The van der Waals surface area contributed by atoms with Gasteiger partial charge in [-0.25, -0.2) is 0 Å². The van der Waals surface area contributed by atoms with Gasteiger partial charge in [-0.3, -0.25) is 9.59 Å². The van der Waals surface area contributed by atoms with Gasteiger partial charge in [0.1, 0.15) is 0 Å². The highest BCUT2D eigenvalue weighted by Gasteiger charge is 2.08. The van der Waals surface area contributed by atoms with Gasteiger partial charge in [0, 0.05) is 18.3 Å². The van der Waals surface area contributed by atoms with E-state index in [-0.39, 0.29) is 5.75 Å². The van der Waals surface area contributed by atoms with Crippen molar-refractivity contribution in [3.8, 4) is 0 Å². The molecule has 0 aliphatic heterocycles. The van der Waals surface area contributed by atoms with Crippen LogP contribution < -0.4 is 5.56 Å². The number of hydrogen-bond donors (Lipinski definition) is 1. The molecule has 7 nitrogen and oxygen atoms in total. The van der Waals surface area contributed by atoms with Crippen LogP contribution in [0, 0.1) is 0 Å². The molecule has 2 aromatic rings. The maximum absolute atomic E-state index is 11.2. The molecule has 18 heavy (non-hydrogen) atoms. The highest BCUT2D eigenvalue weighted by molar-refractivity contribution is 7.99. The van der Waals surface area contributed by atoms with E-state index in [1.165, 1.54) is 12.3 Å². The normalized spacial score (nSPS) is 10.4. The third kappa shape index (κ3) is 3.20. The first-order valence-corrected chi connectivity index (χ1v) is 5.95. The van der Waals surface area contributed by atoms with E-state index in [2.05, 4.69) is 10.1 Å². The number of aromatic nitrogens is 3. The second kappa shape index (κ2) is 5.50. The van der Waals surface area contributed by atoms with Crippen molar-refractivity contribution >= 4 is 17.7 Å². The molecule has 0 saturated carbocycles. The van der Waals surface area contributed by atoms with Crippen molar-refractivity contribution in [3.05, 3.63) is 40.6 Å². The van der Waals surface area contributed by atoms with Gasteiger partial charge in [0.2, 0.25) is 0 Å². The van der Waals surface area contributed by atoms with Gasteiger partial charge in [-0.05, 0) is 0 Å². The number of nitrogens with zero attached hydrogens (tertiary/aromatic N) is 3. The van der Waals surface area contributed by atoms with Gasteiger partial charge in [0.25, 0.3) is 5.56 Å². The monoisotopic (exact) mass is 267 g/mol. The zero-order valence-electron chi connectivity index (χ0n) is 9.15. The van der Waals surface area contributed by atoms with Crippen LogP contribution in [0.5, 0.6) is 0 Å². The molecule has 0 aromatic carbocycles. The van der Waals surface area contributed by atoms with Gasteiger partial charge in [-0.1, -0.05) is 16.9 Å². The highest BCUT2D eigenvalue weighted by Crippen LogP contribution is 2.14. The second-order valence-electron chi connectivity index (χ2n) is 3.34. The van der Waals surface area contributed by atoms with Crippen LogP contribution in [0.2, 0.25) is 0 Å². The summed E-state index contributed by atoms with van der Waals surface area (Å²) in [6.45, 7) is 0.342. The molecule has 8 heteroatoms. The van der Waals surface area contributed by atoms with Crippen molar-refractivity contribution in [2.24, 2.45) is 0 Å². The predicted molar refractivity (Wildman–Crippen MR) is 62.5 cm³/mol. The summed E-state index contributed by atoms with van der Waals surface area (Å²) in [6, 6.07) is 2.99. The molecule has 0 aliphatic carbocycles. The Morgan fingerprint density at radius 2 is 2.33 bits per heavy atom. The SMILES string of the molecule is O=C(O)CSc1nc(=O)ccn1Cc1ccno1. The Hall–Kier alpha value is -2.09. The molecule has 0 fully saturated rings. The molecule has 2 heterocycles. The first-order valence-electron chi connectivity index (χ1n) is 4.97. The van der Waals surface area contributed by atoms with Gasteiger partial charge >= 0.3 is 5.97 Å². The fraction of sp³-hybridized carbons (Fsp3) is 0.200. The van der Waals surface area contributed by atoms with Crippen LogP contribution >= 0.6 is 11.8 Å². The largest absolute Gasteiger partial charge is 0.481 e. The molecule has 0 bridgehead atoms. The van der Waals surface area contributed by atoms with Crippen LogP contribution in [0.4, 0.5) is 0 Å². The number of thioether (sulfide) groups is 1. The maximum Gasteiger partial charge on any atom is 0.313 e. The Morgan fingerprint density at radius 1 is 1.50 bits per heavy atom. The lowest BCUT2D eigenvalue weighted by Gasteiger charge is -2.08. The Kier molecular flexibility index (Phi) is 3.78. The lowest BCUT2D eigenvalue weighted by atomic mass is 10.4. The number of rotatable bonds is 5. The van der Waals surface area contributed by atoms with Crippen molar-refractivity contribution in [1.29, 1.82) is 0 Å². The zero-order valence-corrected chi connectivity index (χ0v) is 9.96. The molecule has 0 unspecified atom stereocenters. The summed E-state index contributed by atoms with van der Waals surface area (Å²) in [5.41, 5.74) is -0.406. The zero-order chi connectivity index (χ0) is 13.0. The molecule has 1 N–H and O–H groups in total. The molecule has 0 amide bonds. The van der Waals surface area contributed by atoms with E-state index < -0.39 is 11.5 Å². The van der Waals surface area contributed by atoms with Crippen molar-refractivity contribution in [1.82, 2.24) is 14.7 Å². The van der Waals surface area contributed by atoms with E-state index in [4.69, 9.17) is 9.63 Å². The number of hydrogen-bond acceptors (Lipinski definition) is 6. The maximum atomic E-state index is 11.2. The summed E-state index contributed by atoms with van der Waals surface area (Å²) in [5, 5.41) is 12.5. The van der Waals surface area contributed by atoms with Crippen LogP contribution in [0.1, 0.15) is 5.76 Å². The van der Waals surface area contributed by atoms with Crippen LogP contribution in [-0.2, 0) is 11.3 Å². The molecule has 0 atom stereocenters. The standard InChI is InChI=1S/C10H9N3O4S/c14-8-2-4-13(5-7-1-3-11-17-7)10(12-8)18-6-9(15)16/h1-4H,5-6H2,(H,15,16). The van der Waals surface area contributed by atoms with Crippen molar-refractivity contribution in [3.63, 3.8) is 0 Å². The number of carboxylic acid groups (broad SMARTS) is 1. The van der Waals surface area contributed by atoms with E-state index in [0.717, 1.165) is 11.8 Å². The fourth-order valence-electron chi connectivity index (χ4n) is 1.27. The summed E-state index contributed by atoms with van der Waals surface area (Å²) in [4.78, 5) is 25.5. The fourth-order valence-corrected chi connectivity index (χ4v) is 1.96. The number of aliphatic carboxylic acids is 1. The predicted octanol–water partition coefficient (Wildman–Crippen LogP) is 0.456. The van der Waals surface area contributed by atoms with E-state index in [0.29, 0.717) is 17.5 Å². The topological polar surface area (TPSA) is 98.2 Å². The van der Waals surface area contributed by atoms with Gasteiger partial charge in [-0.15, -0.1) is 0 Å². The third-order valence-corrected chi connectivity index (χ3v) is 2.97. The molecular weight excluding hydrogens is 258 g/mol. The van der Waals surface area contributed by atoms with Crippen molar-refractivity contribution in [2.75, 3.05) is 5.75 Å². The second-order valence-corrected chi connectivity index (χ2v) is 4.28. The molecule has 2 aromatic heterocycles. The molecule has 0 saturated heterocycles. The van der Waals surface area contributed by atoms with Crippen LogP contribution in [-0.4, -0.2) is 31.5 Å². The van der Waals surface area contributed by atoms with Crippen LogP contribution in [0.25, 0.3) is 0 Å². The van der Waals surface area contributed by atoms with Crippen LogP contribution in [0.3, 0.4) is 0 Å². The van der Waals surface area contributed by atoms with E-state index in [1.54, 1.807) is 16.8 Å². The van der Waals surface area contributed by atoms with E-state index in [1.807, 2.05) is 0 Å². The minimum atomic E-state index is -0.968. The molecule has 0 aliphatic rings. The highest BCUT2D eigenvalue weighted by atomic mass is 32.2. The van der Waals surface area contributed by atoms with Crippen LogP contribution in [0.15, 0.2) is 39.0 Å². The number of carboxylic acids is 1. The Bertz CT molecular complexity index is 593. The molecular formula is C10H9N3O4S. The quantitative estimate of drug-likeness (QED) is 0.620. The summed E-state index contributed by atoms with van der Waals surface area (Å²) in [5.74, 6) is -0.533. The first-order chi connectivity index (χ1) is 8.65. The summed E-state index contributed by atoms with van der Waals surface area (Å²) < 4.78 is 6.58. The summed E-state index contributed by atoms with van der Waals surface area (Å²) in [7, 11) is 0. The average molecular weight is 267 g/mol. The summed E-state index contributed by atoms with van der Waals surface area (Å²) >= 11 is 0.981. The Balaban J connectivity index is 2.22. The van der Waals surface area contributed by atoms with Gasteiger partial charge < -0.3 is 14.2 Å². The smallest absolute Gasteiger partial charge is 0.313 e. The molecule has 2 rings (SSSR count). The van der Waals surface area contributed by atoms with Crippen molar-refractivity contribution < 1.29 is 14.4 Å². The minimum absolute atomic E-state index is 0.160.